The smallest absolute Gasteiger partial charge is 0.241 e. The summed E-state index contributed by atoms with van der Waals surface area (Å²) in [6, 6.07) is 13.8. The maximum Gasteiger partial charge on any atom is 0.241 e. The van der Waals surface area contributed by atoms with Crippen LogP contribution < -0.4 is 9.62 Å². The van der Waals surface area contributed by atoms with Crippen molar-refractivity contribution in [2.45, 2.75) is 26.3 Å². The van der Waals surface area contributed by atoms with Gasteiger partial charge in [-0.1, -0.05) is 67.4 Å². The molecule has 0 aliphatic heterocycles. The molecule has 0 bridgehead atoms. The van der Waals surface area contributed by atoms with Gasteiger partial charge in [0.2, 0.25) is 15.9 Å². The number of amides is 1. The van der Waals surface area contributed by atoms with E-state index in [1.165, 1.54) is 18.2 Å². The zero-order valence-electron chi connectivity index (χ0n) is 16.0. The Labute approximate surface area is 176 Å². The number of hydrogen-bond donors (Lipinski definition) is 1. The monoisotopic (exact) mass is 442 g/mol. The fourth-order valence-electron chi connectivity index (χ4n) is 2.89. The summed E-state index contributed by atoms with van der Waals surface area (Å²) in [5, 5.41) is 3.54. The highest BCUT2D eigenvalue weighted by Crippen LogP contribution is 2.27. The van der Waals surface area contributed by atoms with E-state index in [0.717, 1.165) is 22.5 Å². The molecule has 0 aliphatic carbocycles. The fourth-order valence-corrected chi connectivity index (χ4v) is 4.24. The van der Waals surface area contributed by atoms with Crippen LogP contribution in [0.4, 0.5) is 5.69 Å². The van der Waals surface area contributed by atoms with E-state index >= 15 is 0 Å². The molecule has 1 N–H and O–H groups in total. The molecule has 5 nitrogen and oxygen atoms in total. The van der Waals surface area contributed by atoms with Gasteiger partial charge in [0.05, 0.1) is 18.0 Å². The summed E-state index contributed by atoms with van der Waals surface area (Å²) in [5.41, 5.74) is 1.22. The molecule has 0 aliphatic rings. The van der Waals surface area contributed by atoms with Crippen LogP contribution in [-0.4, -0.2) is 27.1 Å². The lowest BCUT2D eigenvalue weighted by atomic mass is 9.97. The Morgan fingerprint density at radius 1 is 1.07 bits per heavy atom. The molecule has 0 saturated heterocycles. The highest BCUT2D eigenvalue weighted by atomic mass is 35.5. The molecular formula is C20H24Cl2N2O3S. The van der Waals surface area contributed by atoms with Gasteiger partial charge in [-0.05, 0) is 36.1 Å². The molecule has 2 aromatic rings. The number of nitrogens with zero attached hydrogens (tertiary/aromatic N) is 1. The summed E-state index contributed by atoms with van der Waals surface area (Å²) in [6.07, 6.45) is 1.77. The third-order valence-corrected chi connectivity index (χ3v) is 5.64. The molecule has 1 atom stereocenters. The van der Waals surface area contributed by atoms with Crippen molar-refractivity contribution in [1.82, 2.24) is 5.32 Å². The van der Waals surface area contributed by atoms with E-state index in [4.69, 9.17) is 23.2 Å². The van der Waals surface area contributed by atoms with Crippen molar-refractivity contribution in [3.05, 3.63) is 64.1 Å². The first kappa shape index (κ1) is 22.5. The summed E-state index contributed by atoms with van der Waals surface area (Å²) >= 11 is 12.0. The molecule has 2 rings (SSSR count). The molecule has 0 fully saturated rings. The second kappa shape index (κ2) is 9.63. The SMILES string of the molecule is CC(C)C[C@@H](NC(=O)CN(c1cc(Cl)cc(Cl)c1)S(C)(=O)=O)c1ccccc1. The first-order valence-electron chi connectivity index (χ1n) is 8.84. The van der Waals surface area contributed by atoms with Crippen molar-refractivity contribution >= 4 is 44.8 Å². The largest absolute Gasteiger partial charge is 0.348 e. The van der Waals surface area contributed by atoms with Gasteiger partial charge in [-0.2, -0.15) is 0 Å². The van der Waals surface area contributed by atoms with E-state index < -0.39 is 15.9 Å². The maximum atomic E-state index is 12.7. The Morgan fingerprint density at radius 2 is 1.64 bits per heavy atom. The lowest BCUT2D eigenvalue weighted by Crippen LogP contribution is -2.41. The van der Waals surface area contributed by atoms with Crippen LogP contribution in [-0.2, 0) is 14.8 Å². The van der Waals surface area contributed by atoms with E-state index in [-0.39, 0.29) is 18.3 Å². The van der Waals surface area contributed by atoms with Crippen LogP contribution in [0.1, 0.15) is 31.9 Å². The summed E-state index contributed by atoms with van der Waals surface area (Å²) in [4.78, 5) is 12.7. The average molecular weight is 443 g/mol. The first-order valence-corrected chi connectivity index (χ1v) is 11.4. The molecule has 0 heterocycles. The standard InChI is InChI=1S/C20H24Cl2N2O3S/c1-14(2)9-19(15-7-5-4-6-8-15)23-20(25)13-24(28(3,26)27)18-11-16(21)10-17(22)12-18/h4-8,10-12,14,19H,9,13H2,1-3H3,(H,23,25)/t19-/m1/s1. The van der Waals surface area contributed by atoms with Gasteiger partial charge in [-0.25, -0.2) is 8.42 Å². The Bertz CT molecular complexity index is 898. The highest BCUT2D eigenvalue weighted by Gasteiger charge is 2.24. The van der Waals surface area contributed by atoms with Crippen LogP contribution in [0.25, 0.3) is 0 Å². The zero-order chi connectivity index (χ0) is 20.9. The molecular weight excluding hydrogens is 419 g/mol. The van der Waals surface area contributed by atoms with E-state index in [1.807, 2.05) is 30.3 Å². The van der Waals surface area contributed by atoms with Crippen LogP contribution >= 0.6 is 23.2 Å². The minimum absolute atomic E-state index is 0.210. The molecule has 1 amide bonds. The average Bonchev–Trinajstić information content (AvgIpc) is 2.57. The van der Waals surface area contributed by atoms with Crippen molar-refractivity contribution < 1.29 is 13.2 Å². The number of rotatable bonds is 8. The Kier molecular flexibility index (Phi) is 7.75. The minimum atomic E-state index is -3.71. The Morgan fingerprint density at radius 3 is 2.14 bits per heavy atom. The van der Waals surface area contributed by atoms with Crippen molar-refractivity contribution in [3.63, 3.8) is 0 Å². The van der Waals surface area contributed by atoms with Crippen LogP contribution in [0.15, 0.2) is 48.5 Å². The van der Waals surface area contributed by atoms with Gasteiger partial charge in [0.25, 0.3) is 0 Å². The summed E-state index contributed by atoms with van der Waals surface area (Å²) in [5.74, 6) is -0.0562. The zero-order valence-corrected chi connectivity index (χ0v) is 18.4. The molecule has 152 valence electrons. The van der Waals surface area contributed by atoms with Gasteiger partial charge < -0.3 is 5.32 Å². The van der Waals surface area contributed by atoms with E-state index in [2.05, 4.69) is 19.2 Å². The number of sulfonamides is 1. The van der Waals surface area contributed by atoms with Gasteiger partial charge in [0.15, 0.2) is 0 Å². The quantitative estimate of drug-likeness (QED) is 0.645. The summed E-state index contributed by atoms with van der Waals surface area (Å²) in [6.45, 7) is 3.77. The highest BCUT2D eigenvalue weighted by molar-refractivity contribution is 7.92. The van der Waals surface area contributed by atoms with Gasteiger partial charge in [-0.3, -0.25) is 9.10 Å². The van der Waals surface area contributed by atoms with Gasteiger partial charge in [-0.15, -0.1) is 0 Å². The van der Waals surface area contributed by atoms with Crippen molar-refractivity contribution in [2.75, 3.05) is 17.1 Å². The van der Waals surface area contributed by atoms with Gasteiger partial charge in [0, 0.05) is 10.0 Å². The van der Waals surface area contributed by atoms with E-state index in [9.17, 15) is 13.2 Å². The summed E-state index contributed by atoms with van der Waals surface area (Å²) < 4.78 is 25.6. The molecule has 0 aromatic heterocycles. The first-order chi connectivity index (χ1) is 13.1. The van der Waals surface area contributed by atoms with Crippen LogP contribution in [0.5, 0.6) is 0 Å². The Hall–Kier alpha value is -1.76. The van der Waals surface area contributed by atoms with Crippen LogP contribution in [0.2, 0.25) is 10.0 Å². The van der Waals surface area contributed by atoms with Crippen LogP contribution in [0, 0.1) is 5.92 Å². The second-order valence-corrected chi connectivity index (χ2v) is 9.84. The fraction of sp³-hybridized carbons (Fsp3) is 0.350. The molecule has 28 heavy (non-hydrogen) atoms. The third kappa shape index (κ3) is 6.69. The second-order valence-electron chi connectivity index (χ2n) is 7.06. The lowest BCUT2D eigenvalue weighted by Gasteiger charge is -2.25. The number of hydrogen-bond acceptors (Lipinski definition) is 3. The predicted octanol–water partition coefficient (Wildman–Crippen LogP) is 4.66. The number of halogens is 2. The number of benzene rings is 2. The molecule has 0 spiro atoms. The third-order valence-electron chi connectivity index (χ3n) is 4.07. The predicted molar refractivity (Wildman–Crippen MR) is 115 cm³/mol. The number of nitrogens with one attached hydrogen (secondary N) is 1. The van der Waals surface area contributed by atoms with Crippen molar-refractivity contribution in [2.24, 2.45) is 5.92 Å². The topological polar surface area (TPSA) is 66.5 Å². The molecule has 8 heteroatoms. The molecule has 0 unspecified atom stereocenters. The van der Waals surface area contributed by atoms with E-state index in [0.29, 0.717) is 16.0 Å². The van der Waals surface area contributed by atoms with Gasteiger partial charge >= 0.3 is 0 Å². The number of carbonyl (C=O) groups excluding carboxylic acids is 1. The molecule has 2 aromatic carbocycles. The number of anilines is 1. The van der Waals surface area contributed by atoms with E-state index in [1.54, 1.807) is 0 Å². The number of carbonyl (C=O) groups is 1. The van der Waals surface area contributed by atoms with Crippen LogP contribution in [0.3, 0.4) is 0 Å². The Balaban J connectivity index is 2.25. The van der Waals surface area contributed by atoms with Crippen molar-refractivity contribution in [1.29, 1.82) is 0 Å². The lowest BCUT2D eigenvalue weighted by molar-refractivity contribution is -0.120. The van der Waals surface area contributed by atoms with Crippen molar-refractivity contribution in [3.8, 4) is 0 Å². The van der Waals surface area contributed by atoms with Gasteiger partial charge in [0.1, 0.15) is 6.54 Å². The summed E-state index contributed by atoms with van der Waals surface area (Å²) in [7, 11) is -3.71. The maximum absolute atomic E-state index is 12.7. The molecule has 0 radical (unpaired) electrons. The molecule has 0 saturated carbocycles. The normalized spacial score (nSPS) is 12.6. The minimum Gasteiger partial charge on any atom is -0.348 e.